The van der Waals surface area contributed by atoms with Crippen LogP contribution in [-0.2, 0) is 0 Å². The molecule has 1 aliphatic rings. The highest BCUT2D eigenvalue weighted by atomic mass is 16.6. The number of nitrogens with two attached hydrogens (primary N) is 1. The number of piperidine rings is 1. The van der Waals surface area contributed by atoms with Gasteiger partial charge in [-0.2, -0.15) is 0 Å². The van der Waals surface area contributed by atoms with Crippen molar-refractivity contribution in [2.75, 3.05) is 6.54 Å². The molecule has 1 aliphatic heterocycles. The summed E-state index contributed by atoms with van der Waals surface area (Å²) in [6.45, 7) is 2.48. The molecule has 1 fully saturated rings. The third-order valence-electron chi connectivity index (χ3n) is 3.75. The van der Waals surface area contributed by atoms with Crippen LogP contribution in [0.5, 0.6) is 0 Å². The number of nitro benzene ring substituents is 1. The molecule has 2 unspecified atom stereocenters. The molecule has 0 radical (unpaired) electrons. The molecule has 1 aromatic carbocycles. The number of benzene rings is 1. The summed E-state index contributed by atoms with van der Waals surface area (Å²) < 4.78 is 0. The largest absolute Gasteiger partial charge is 0.334 e. The fraction of sp³-hybridized carbons (Fsp3) is 0.500. The monoisotopic (exact) mass is 277 g/mol. The van der Waals surface area contributed by atoms with Crippen LogP contribution in [0.15, 0.2) is 24.3 Å². The molecule has 2 rings (SSSR count). The quantitative estimate of drug-likeness (QED) is 0.675. The lowest BCUT2D eigenvalue weighted by atomic mass is 9.96. The van der Waals surface area contributed by atoms with Crippen molar-refractivity contribution < 1.29 is 9.72 Å². The summed E-state index contributed by atoms with van der Waals surface area (Å²) >= 11 is 0. The Balaban J connectivity index is 2.32. The fourth-order valence-corrected chi connectivity index (χ4v) is 2.72. The average Bonchev–Trinajstić information content (AvgIpc) is 2.46. The van der Waals surface area contributed by atoms with E-state index in [0.717, 1.165) is 19.3 Å². The van der Waals surface area contributed by atoms with Crippen LogP contribution >= 0.6 is 0 Å². The summed E-state index contributed by atoms with van der Waals surface area (Å²) in [5, 5.41) is 11.0. The van der Waals surface area contributed by atoms with Crippen molar-refractivity contribution in [3.05, 3.63) is 39.9 Å². The predicted molar refractivity (Wildman–Crippen MR) is 75.4 cm³/mol. The number of para-hydroxylation sites is 1. The van der Waals surface area contributed by atoms with Crippen LogP contribution in [0.25, 0.3) is 0 Å². The Morgan fingerprint density at radius 2 is 2.15 bits per heavy atom. The summed E-state index contributed by atoms with van der Waals surface area (Å²) in [7, 11) is 0. The zero-order valence-electron chi connectivity index (χ0n) is 11.5. The number of rotatable bonds is 3. The molecule has 0 aliphatic carbocycles. The summed E-state index contributed by atoms with van der Waals surface area (Å²) in [6.07, 6.45) is 2.80. The van der Waals surface area contributed by atoms with E-state index in [1.165, 1.54) is 12.1 Å². The third kappa shape index (κ3) is 2.80. The van der Waals surface area contributed by atoms with Crippen LogP contribution in [0.4, 0.5) is 5.69 Å². The molecular weight excluding hydrogens is 258 g/mol. The van der Waals surface area contributed by atoms with E-state index in [-0.39, 0.29) is 29.2 Å². The number of nitro groups is 1. The van der Waals surface area contributed by atoms with E-state index in [4.69, 9.17) is 5.73 Å². The highest BCUT2D eigenvalue weighted by Gasteiger charge is 2.32. The average molecular weight is 277 g/mol. The Morgan fingerprint density at radius 1 is 1.45 bits per heavy atom. The molecule has 1 amide bonds. The van der Waals surface area contributed by atoms with Gasteiger partial charge in [-0.05, 0) is 32.3 Å². The van der Waals surface area contributed by atoms with E-state index in [1.54, 1.807) is 17.0 Å². The predicted octanol–water partition coefficient (Wildman–Crippen LogP) is 1.94. The van der Waals surface area contributed by atoms with Gasteiger partial charge in [-0.25, -0.2) is 0 Å². The number of nitrogens with zero attached hydrogens (tertiary/aromatic N) is 2. The number of hydrogen-bond acceptors (Lipinski definition) is 4. The van der Waals surface area contributed by atoms with Crippen LogP contribution in [0.3, 0.4) is 0 Å². The van der Waals surface area contributed by atoms with Crippen molar-refractivity contribution in [2.45, 2.75) is 38.3 Å². The van der Waals surface area contributed by atoms with Gasteiger partial charge in [-0.3, -0.25) is 14.9 Å². The second-order valence-corrected chi connectivity index (χ2v) is 5.20. The lowest BCUT2D eigenvalue weighted by Crippen LogP contribution is -2.51. The molecule has 0 saturated carbocycles. The second kappa shape index (κ2) is 6.00. The summed E-state index contributed by atoms with van der Waals surface area (Å²) in [5.41, 5.74) is 5.94. The standard InChI is InChI=1S/C14H19N3O3/c1-10(15)12-7-4-5-9-16(12)14(18)11-6-2-3-8-13(11)17(19)20/h2-3,6,8,10,12H,4-5,7,9,15H2,1H3. The molecule has 1 aromatic rings. The van der Waals surface area contributed by atoms with Gasteiger partial charge in [0.2, 0.25) is 0 Å². The molecule has 20 heavy (non-hydrogen) atoms. The normalized spacial score (nSPS) is 20.5. The zero-order valence-corrected chi connectivity index (χ0v) is 11.5. The zero-order chi connectivity index (χ0) is 14.7. The van der Waals surface area contributed by atoms with Gasteiger partial charge >= 0.3 is 0 Å². The summed E-state index contributed by atoms with van der Waals surface area (Å²) in [6, 6.07) is 5.89. The maximum Gasteiger partial charge on any atom is 0.282 e. The van der Waals surface area contributed by atoms with Gasteiger partial charge in [0.05, 0.1) is 4.92 Å². The van der Waals surface area contributed by atoms with Crippen molar-refractivity contribution in [3.8, 4) is 0 Å². The smallest absolute Gasteiger partial charge is 0.282 e. The Kier molecular flexibility index (Phi) is 4.34. The summed E-state index contributed by atoms with van der Waals surface area (Å²) in [4.78, 5) is 24.8. The van der Waals surface area contributed by atoms with Gasteiger partial charge in [0, 0.05) is 24.7 Å². The van der Waals surface area contributed by atoms with Gasteiger partial charge < -0.3 is 10.6 Å². The lowest BCUT2D eigenvalue weighted by molar-refractivity contribution is -0.385. The second-order valence-electron chi connectivity index (χ2n) is 5.20. The van der Waals surface area contributed by atoms with E-state index < -0.39 is 4.92 Å². The highest BCUT2D eigenvalue weighted by molar-refractivity contribution is 5.98. The molecule has 1 saturated heterocycles. The molecule has 108 valence electrons. The van der Waals surface area contributed by atoms with E-state index in [9.17, 15) is 14.9 Å². The Labute approximate surface area is 117 Å². The van der Waals surface area contributed by atoms with Crippen molar-refractivity contribution >= 4 is 11.6 Å². The third-order valence-corrected chi connectivity index (χ3v) is 3.75. The van der Waals surface area contributed by atoms with E-state index in [0.29, 0.717) is 6.54 Å². The fourth-order valence-electron chi connectivity index (χ4n) is 2.72. The van der Waals surface area contributed by atoms with Crippen molar-refractivity contribution in [2.24, 2.45) is 5.73 Å². The van der Waals surface area contributed by atoms with Crippen LogP contribution < -0.4 is 5.73 Å². The molecule has 0 bridgehead atoms. The molecule has 0 spiro atoms. The Morgan fingerprint density at radius 3 is 2.80 bits per heavy atom. The number of likely N-dealkylation sites (tertiary alicyclic amines) is 1. The minimum atomic E-state index is -0.516. The molecule has 0 aromatic heterocycles. The number of amides is 1. The van der Waals surface area contributed by atoms with Crippen LogP contribution in [0.2, 0.25) is 0 Å². The van der Waals surface area contributed by atoms with Gasteiger partial charge in [-0.15, -0.1) is 0 Å². The van der Waals surface area contributed by atoms with Crippen LogP contribution in [0, 0.1) is 10.1 Å². The first-order valence-electron chi connectivity index (χ1n) is 6.82. The molecule has 6 nitrogen and oxygen atoms in total. The number of hydrogen-bond donors (Lipinski definition) is 1. The van der Waals surface area contributed by atoms with Crippen LogP contribution in [-0.4, -0.2) is 34.4 Å². The number of carbonyl (C=O) groups is 1. The Hall–Kier alpha value is -1.95. The first kappa shape index (κ1) is 14.5. The first-order chi connectivity index (χ1) is 9.52. The van der Waals surface area contributed by atoms with Gasteiger partial charge in [0.15, 0.2) is 0 Å². The molecule has 1 heterocycles. The minimum Gasteiger partial charge on any atom is -0.334 e. The minimum absolute atomic E-state index is 0.0453. The number of carbonyl (C=O) groups excluding carboxylic acids is 1. The molecule has 2 atom stereocenters. The molecular formula is C14H19N3O3. The maximum atomic E-state index is 12.6. The topological polar surface area (TPSA) is 89.5 Å². The first-order valence-corrected chi connectivity index (χ1v) is 6.82. The van der Waals surface area contributed by atoms with E-state index >= 15 is 0 Å². The van der Waals surface area contributed by atoms with E-state index in [1.807, 2.05) is 6.92 Å². The Bertz CT molecular complexity index is 516. The maximum absolute atomic E-state index is 12.6. The van der Waals surface area contributed by atoms with E-state index in [2.05, 4.69) is 0 Å². The van der Waals surface area contributed by atoms with Gasteiger partial charge in [-0.1, -0.05) is 12.1 Å². The summed E-state index contributed by atoms with van der Waals surface area (Å²) in [5.74, 6) is -0.292. The van der Waals surface area contributed by atoms with Gasteiger partial charge in [0.1, 0.15) is 5.56 Å². The van der Waals surface area contributed by atoms with Crippen LogP contribution in [0.1, 0.15) is 36.5 Å². The van der Waals surface area contributed by atoms with Gasteiger partial charge in [0.25, 0.3) is 11.6 Å². The lowest BCUT2D eigenvalue weighted by Gasteiger charge is -2.38. The van der Waals surface area contributed by atoms with Crippen molar-refractivity contribution in [1.29, 1.82) is 0 Å². The van der Waals surface area contributed by atoms with Crippen molar-refractivity contribution in [3.63, 3.8) is 0 Å². The highest BCUT2D eigenvalue weighted by Crippen LogP contribution is 2.25. The molecule has 6 heteroatoms. The molecule has 2 N–H and O–H groups in total. The SMILES string of the molecule is CC(N)C1CCCCN1C(=O)c1ccccc1[N+](=O)[O-]. The van der Waals surface area contributed by atoms with Crippen molar-refractivity contribution in [1.82, 2.24) is 4.90 Å².